The molecule has 1 saturated heterocycles. The Bertz CT molecular complexity index is 1710. The fourth-order valence-corrected chi connectivity index (χ4v) is 6.53. The number of hydrogen-bond acceptors (Lipinski definition) is 4. The predicted molar refractivity (Wildman–Crippen MR) is 164 cm³/mol. The fraction of sp³-hybridized carbons (Fsp3) is 0.389. The van der Waals surface area contributed by atoms with Crippen molar-refractivity contribution in [1.82, 2.24) is 4.90 Å². The quantitative estimate of drug-likeness (QED) is 0.195. The van der Waals surface area contributed by atoms with Crippen LogP contribution in [0.15, 0.2) is 66.2 Å². The van der Waals surface area contributed by atoms with Crippen molar-refractivity contribution >= 4 is 17.6 Å². The highest BCUT2D eigenvalue weighted by Gasteiger charge is 2.44. The van der Waals surface area contributed by atoms with Crippen molar-refractivity contribution < 1.29 is 45.4 Å². The van der Waals surface area contributed by atoms with E-state index < -0.39 is 47.7 Å². The second-order valence-electron chi connectivity index (χ2n) is 13.0. The molecule has 3 aromatic rings. The molecule has 3 aromatic carbocycles. The lowest BCUT2D eigenvalue weighted by atomic mass is 9.72. The average Bonchev–Trinajstić information content (AvgIpc) is 3.27. The molecule has 250 valence electrons. The van der Waals surface area contributed by atoms with Crippen LogP contribution in [-0.4, -0.2) is 36.7 Å². The maximum atomic E-state index is 13.6. The molecule has 2 aliphatic rings. The van der Waals surface area contributed by atoms with Gasteiger partial charge in [-0.2, -0.15) is 26.3 Å². The number of carbonyl (C=O) groups excluding carboxylic acids is 2. The molecule has 5 rings (SSSR count). The van der Waals surface area contributed by atoms with Crippen LogP contribution < -0.4 is 0 Å². The van der Waals surface area contributed by atoms with Gasteiger partial charge >= 0.3 is 24.4 Å². The number of aryl methyl sites for hydroxylation is 1. The minimum absolute atomic E-state index is 0.0625. The van der Waals surface area contributed by atoms with Gasteiger partial charge in [0.2, 0.25) is 0 Å². The number of esters is 1. The third-order valence-electron chi connectivity index (χ3n) is 9.03. The Morgan fingerprint density at radius 2 is 1.60 bits per heavy atom. The minimum atomic E-state index is -5.02. The zero-order chi connectivity index (χ0) is 34.5. The van der Waals surface area contributed by atoms with E-state index in [9.17, 15) is 35.9 Å². The molecule has 0 bridgehead atoms. The van der Waals surface area contributed by atoms with Crippen molar-refractivity contribution in [1.29, 1.82) is 0 Å². The molecule has 2 unspecified atom stereocenters. The van der Waals surface area contributed by atoms with Gasteiger partial charge in [-0.05, 0) is 114 Å². The molecular formula is C36H35F6NO4. The summed E-state index contributed by atoms with van der Waals surface area (Å²) in [7, 11) is 1.32. The number of allylic oxidation sites excluding steroid dienone is 1. The molecule has 0 saturated carbocycles. The van der Waals surface area contributed by atoms with Crippen molar-refractivity contribution in [3.8, 4) is 11.1 Å². The second-order valence-corrected chi connectivity index (χ2v) is 13.0. The molecule has 1 amide bonds. The summed E-state index contributed by atoms with van der Waals surface area (Å²) in [5, 5.41) is 0. The third-order valence-corrected chi connectivity index (χ3v) is 9.03. The zero-order valence-corrected chi connectivity index (χ0v) is 26.6. The Morgan fingerprint density at radius 1 is 0.957 bits per heavy atom. The van der Waals surface area contributed by atoms with Gasteiger partial charge in [-0.15, -0.1) is 0 Å². The van der Waals surface area contributed by atoms with Gasteiger partial charge in [-0.3, -0.25) is 4.90 Å². The number of ether oxygens (including phenoxy) is 2. The van der Waals surface area contributed by atoms with Crippen molar-refractivity contribution in [2.24, 2.45) is 5.41 Å². The first-order valence-electron chi connectivity index (χ1n) is 15.2. The molecular weight excluding hydrogens is 624 g/mol. The lowest BCUT2D eigenvalue weighted by Gasteiger charge is -2.35. The number of carbonyl (C=O) groups is 2. The Kier molecular flexibility index (Phi) is 8.98. The fourth-order valence-electron chi connectivity index (χ4n) is 6.53. The van der Waals surface area contributed by atoms with E-state index in [1.807, 2.05) is 37.3 Å². The Labute approximate surface area is 269 Å². The van der Waals surface area contributed by atoms with E-state index in [0.717, 1.165) is 39.8 Å². The molecule has 5 nitrogen and oxygen atoms in total. The summed E-state index contributed by atoms with van der Waals surface area (Å²) in [6.07, 6.45) is -9.98. The minimum Gasteiger partial charge on any atom is -0.465 e. The summed E-state index contributed by atoms with van der Waals surface area (Å²) in [6.45, 7) is 7.81. The topological polar surface area (TPSA) is 55.8 Å². The number of alkyl halides is 6. The Hall–Kier alpha value is -4.28. The van der Waals surface area contributed by atoms with E-state index in [0.29, 0.717) is 30.5 Å². The Morgan fingerprint density at radius 3 is 2.19 bits per heavy atom. The average molecular weight is 660 g/mol. The third kappa shape index (κ3) is 7.18. The van der Waals surface area contributed by atoms with E-state index in [1.54, 1.807) is 19.1 Å². The lowest BCUT2D eigenvalue weighted by molar-refractivity contribution is -0.143. The van der Waals surface area contributed by atoms with Gasteiger partial charge < -0.3 is 9.47 Å². The predicted octanol–water partition coefficient (Wildman–Crippen LogP) is 10.0. The van der Waals surface area contributed by atoms with Crippen molar-refractivity contribution in [3.63, 3.8) is 0 Å². The SMILES string of the molecule is COC(=O)c1ccc(-c2cccc(C3=C(CN4C(=O)OC(c5cc(C(F)(F)F)cc(C(F)(F)F)c5)C4C)CC(C)(C)CC3)c2)c(C)c1. The first kappa shape index (κ1) is 34.1. The van der Waals surface area contributed by atoms with E-state index in [2.05, 4.69) is 13.8 Å². The molecule has 0 aromatic heterocycles. The van der Waals surface area contributed by atoms with Crippen LogP contribution in [0.1, 0.15) is 84.3 Å². The summed E-state index contributed by atoms with van der Waals surface area (Å²) >= 11 is 0. The number of amides is 1. The van der Waals surface area contributed by atoms with Gasteiger partial charge in [0.15, 0.2) is 0 Å². The standard InChI is InChI=1S/C36H35F6NO4/c1-20-13-24(32(44)46-5)9-10-29(20)22-7-6-8-23(14-22)30-11-12-34(3,4)18-26(30)19-43-21(2)31(47-33(43)45)25-15-27(35(37,38)39)17-28(16-25)36(40,41)42/h6-10,13-17,21,31H,11-12,18-19H2,1-5H3. The maximum Gasteiger partial charge on any atom is 0.416 e. The van der Waals surface area contributed by atoms with Gasteiger partial charge in [0.25, 0.3) is 0 Å². The smallest absolute Gasteiger partial charge is 0.416 e. The number of halogens is 6. The van der Waals surface area contributed by atoms with Crippen LogP contribution in [0.2, 0.25) is 0 Å². The molecule has 0 spiro atoms. The lowest BCUT2D eigenvalue weighted by Crippen LogP contribution is -2.35. The summed E-state index contributed by atoms with van der Waals surface area (Å²) < 4.78 is 91.7. The van der Waals surface area contributed by atoms with Crippen LogP contribution in [0, 0.1) is 12.3 Å². The van der Waals surface area contributed by atoms with Crippen LogP contribution >= 0.6 is 0 Å². The first-order chi connectivity index (χ1) is 21.9. The molecule has 11 heteroatoms. The maximum absolute atomic E-state index is 13.6. The Balaban J connectivity index is 1.49. The molecule has 2 atom stereocenters. The molecule has 1 heterocycles. The van der Waals surface area contributed by atoms with Crippen LogP contribution in [-0.2, 0) is 21.8 Å². The van der Waals surface area contributed by atoms with Crippen molar-refractivity contribution in [2.75, 3.05) is 13.7 Å². The number of cyclic esters (lactones) is 1. The molecule has 47 heavy (non-hydrogen) atoms. The second kappa shape index (κ2) is 12.4. The van der Waals surface area contributed by atoms with Gasteiger partial charge in [-0.1, -0.05) is 38.1 Å². The van der Waals surface area contributed by atoms with Gasteiger partial charge in [0, 0.05) is 6.54 Å². The van der Waals surface area contributed by atoms with Crippen LogP contribution in [0.3, 0.4) is 0 Å². The normalized spacial score (nSPS) is 20.0. The number of rotatable bonds is 6. The van der Waals surface area contributed by atoms with E-state index >= 15 is 0 Å². The van der Waals surface area contributed by atoms with Crippen LogP contribution in [0.5, 0.6) is 0 Å². The molecule has 1 aliphatic carbocycles. The highest BCUT2D eigenvalue weighted by atomic mass is 19.4. The number of benzene rings is 3. The number of nitrogens with zero attached hydrogens (tertiary/aromatic N) is 1. The highest BCUT2D eigenvalue weighted by Crippen LogP contribution is 2.45. The van der Waals surface area contributed by atoms with Crippen LogP contribution in [0.25, 0.3) is 16.7 Å². The zero-order valence-electron chi connectivity index (χ0n) is 26.6. The molecule has 0 N–H and O–H groups in total. The van der Waals surface area contributed by atoms with E-state index in [-0.39, 0.29) is 23.6 Å². The summed E-state index contributed by atoms with van der Waals surface area (Å²) in [5.41, 5.74) is 2.69. The van der Waals surface area contributed by atoms with Crippen molar-refractivity contribution in [2.45, 2.75) is 71.5 Å². The highest BCUT2D eigenvalue weighted by molar-refractivity contribution is 5.90. The summed E-state index contributed by atoms with van der Waals surface area (Å²) in [6, 6.07) is 13.7. The van der Waals surface area contributed by atoms with E-state index in [4.69, 9.17) is 9.47 Å². The molecule has 0 radical (unpaired) electrons. The van der Waals surface area contributed by atoms with E-state index in [1.165, 1.54) is 12.0 Å². The summed E-state index contributed by atoms with van der Waals surface area (Å²) in [5.74, 6) is -0.432. The summed E-state index contributed by atoms with van der Waals surface area (Å²) in [4.78, 5) is 26.6. The molecule has 1 fully saturated rings. The van der Waals surface area contributed by atoms with Crippen molar-refractivity contribution in [3.05, 3.63) is 99.6 Å². The largest absolute Gasteiger partial charge is 0.465 e. The molecule has 1 aliphatic heterocycles. The van der Waals surface area contributed by atoms with Gasteiger partial charge in [0.1, 0.15) is 6.10 Å². The van der Waals surface area contributed by atoms with Gasteiger partial charge in [0.05, 0.1) is 29.8 Å². The first-order valence-corrected chi connectivity index (χ1v) is 15.2. The number of hydrogen-bond donors (Lipinski definition) is 0. The number of methoxy groups -OCH3 is 1. The van der Waals surface area contributed by atoms with Crippen LogP contribution in [0.4, 0.5) is 31.1 Å². The monoisotopic (exact) mass is 659 g/mol. The van der Waals surface area contributed by atoms with Gasteiger partial charge in [-0.25, -0.2) is 9.59 Å².